The number of ether oxygens (including phenoxy) is 2. The molecule has 0 spiro atoms. The van der Waals surface area contributed by atoms with Gasteiger partial charge in [0, 0.05) is 17.6 Å². The van der Waals surface area contributed by atoms with Crippen molar-refractivity contribution in [2.45, 2.75) is 26.3 Å². The lowest BCUT2D eigenvalue weighted by Gasteiger charge is -2.10. The maximum atomic E-state index is 11.9. The zero-order chi connectivity index (χ0) is 16.8. The number of urea groups is 1. The van der Waals surface area contributed by atoms with Gasteiger partial charge in [-0.15, -0.1) is 11.3 Å². The molecule has 1 heterocycles. The van der Waals surface area contributed by atoms with E-state index in [4.69, 9.17) is 9.47 Å². The van der Waals surface area contributed by atoms with Gasteiger partial charge in [-0.25, -0.2) is 9.78 Å². The molecule has 0 fully saturated rings. The minimum atomic E-state index is -0.288. The van der Waals surface area contributed by atoms with Crippen molar-refractivity contribution < 1.29 is 14.3 Å². The highest BCUT2D eigenvalue weighted by molar-refractivity contribution is 7.15. The average Bonchev–Trinajstić information content (AvgIpc) is 3.01. The number of aromatic nitrogens is 1. The third kappa shape index (κ3) is 4.59. The lowest BCUT2D eigenvalue weighted by molar-refractivity contribution is 0.251. The third-order valence-electron chi connectivity index (χ3n) is 3.21. The summed E-state index contributed by atoms with van der Waals surface area (Å²) in [6.45, 7) is 4.57. The zero-order valence-corrected chi connectivity index (χ0v) is 14.5. The molecule has 0 aliphatic carbocycles. The number of nitrogens with one attached hydrogen (secondary N) is 2. The van der Waals surface area contributed by atoms with E-state index in [1.165, 1.54) is 11.3 Å². The van der Waals surface area contributed by atoms with Gasteiger partial charge in [-0.3, -0.25) is 5.32 Å². The first-order valence-electron chi connectivity index (χ1n) is 7.25. The second-order valence-corrected chi connectivity index (χ2v) is 6.28. The summed E-state index contributed by atoms with van der Waals surface area (Å²) in [7, 11) is 3.17. The first-order chi connectivity index (χ1) is 11.0. The number of thiazole rings is 1. The SMILES string of the molecule is COc1ccc(CNC(=O)Nc2ncc(C(C)C)s2)cc1OC. The van der Waals surface area contributed by atoms with Crippen LogP contribution in [-0.2, 0) is 6.54 Å². The third-order valence-corrected chi connectivity index (χ3v) is 4.43. The van der Waals surface area contributed by atoms with E-state index >= 15 is 0 Å². The zero-order valence-electron chi connectivity index (χ0n) is 13.7. The standard InChI is InChI=1S/C16H21N3O3S/c1-10(2)14-9-18-16(23-14)19-15(20)17-8-11-5-6-12(21-3)13(7-11)22-4/h5-7,9-10H,8H2,1-4H3,(H2,17,18,19,20). The van der Waals surface area contributed by atoms with Gasteiger partial charge in [0.25, 0.3) is 0 Å². The molecule has 124 valence electrons. The molecule has 0 aliphatic heterocycles. The van der Waals surface area contributed by atoms with Crippen LogP contribution in [0.1, 0.15) is 30.2 Å². The number of anilines is 1. The minimum absolute atomic E-state index is 0.288. The fraction of sp³-hybridized carbons (Fsp3) is 0.375. The summed E-state index contributed by atoms with van der Waals surface area (Å²) in [5, 5.41) is 6.13. The van der Waals surface area contributed by atoms with Crippen LogP contribution in [0.15, 0.2) is 24.4 Å². The Morgan fingerprint density at radius 2 is 2.00 bits per heavy atom. The average molecular weight is 335 g/mol. The fourth-order valence-electron chi connectivity index (χ4n) is 1.93. The van der Waals surface area contributed by atoms with E-state index in [0.717, 1.165) is 10.4 Å². The van der Waals surface area contributed by atoms with E-state index in [2.05, 4.69) is 29.5 Å². The first kappa shape index (κ1) is 17.1. The molecule has 0 atom stereocenters. The van der Waals surface area contributed by atoms with Gasteiger partial charge in [0.05, 0.1) is 14.2 Å². The highest BCUT2D eigenvalue weighted by Crippen LogP contribution is 2.27. The van der Waals surface area contributed by atoms with Gasteiger partial charge in [0.1, 0.15) is 0 Å². The fourth-order valence-corrected chi connectivity index (χ4v) is 2.74. The van der Waals surface area contributed by atoms with E-state index in [0.29, 0.717) is 29.1 Å². The predicted octanol–water partition coefficient (Wildman–Crippen LogP) is 3.61. The summed E-state index contributed by atoms with van der Waals surface area (Å²) in [5.41, 5.74) is 0.916. The van der Waals surface area contributed by atoms with Gasteiger partial charge >= 0.3 is 6.03 Å². The number of hydrogen-bond acceptors (Lipinski definition) is 5. The van der Waals surface area contributed by atoms with E-state index < -0.39 is 0 Å². The molecule has 2 aromatic rings. The van der Waals surface area contributed by atoms with Crippen molar-refractivity contribution in [3.63, 3.8) is 0 Å². The van der Waals surface area contributed by atoms with E-state index in [1.807, 2.05) is 18.2 Å². The summed E-state index contributed by atoms with van der Waals surface area (Å²) < 4.78 is 10.4. The van der Waals surface area contributed by atoms with Gasteiger partial charge in [-0.2, -0.15) is 0 Å². The second-order valence-electron chi connectivity index (χ2n) is 5.22. The van der Waals surface area contributed by atoms with Crippen molar-refractivity contribution in [2.24, 2.45) is 0 Å². The Kier molecular flexibility index (Phi) is 5.81. The van der Waals surface area contributed by atoms with Crippen LogP contribution >= 0.6 is 11.3 Å². The molecular formula is C16H21N3O3S. The summed E-state index contributed by atoms with van der Waals surface area (Å²) >= 11 is 1.48. The Labute approximate surface area is 139 Å². The Hall–Kier alpha value is -2.28. The molecule has 0 radical (unpaired) electrons. The van der Waals surface area contributed by atoms with Crippen LogP contribution in [0.4, 0.5) is 9.93 Å². The molecule has 1 aromatic heterocycles. The van der Waals surface area contributed by atoms with Crippen LogP contribution in [0.2, 0.25) is 0 Å². The molecule has 0 bridgehead atoms. The number of methoxy groups -OCH3 is 2. The van der Waals surface area contributed by atoms with Crippen LogP contribution in [0.5, 0.6) is 11.5 Å². The minimum Gasteiger partial charge on any atom is -0.493 e. The van der Waals surface area contributed by atoms with Gasteiger partial charge in [-0.1, -0.05) is 19.9 Å². The number of nitrogens with zero attached hydrogens (tertiary/aromatic N) is 1. The summed E-state index contributed by atoms with van der Waals surface area (Å²) in [6, 6.07) is 5.23. The van der Waals surface area contributed by atoms with Crippen molar-refractivity contribution >= 4 is 22.5 Å². The van der Waals surface area contributed by atoms with E-state index in [1.54, 1.807) is 20.4 Å². The molecule has 0 unspecified atom stereocenters. The van der Waals surface area contributed by atoms with Crippen LogP contribution in [0.3, 0.4) is 0 Å². The van der Waals surface area contributed by atoms with Crippen LogP contribution in [0, 0.1) is 0 Å². The highest BCUT2D eigenvalue weighted by atomic mass is 32.1. The molecule has 7 heteroatoms. The summed E-state index contributed by atoms with van der Waals surface area (Å²) in [5.74, 6) is 1.69. The normalized spacial score (nSPS) is 10.5. The molecule has 2 rings (SSSR count). The molecule has 6 nitrogen and oxygen atoms in total. The molecule has 23 heavy (non-hydrogen) atoms. The lowest BCUT2D eigenvalue weighted by Crippen LogP contribution is -2.28. The Morgan fingerprint density at radius 1 is 1.26 bits per heavy atom. The largest absolute Gasteiger partial charge is 0.493 e. The second kappa shape index (κ2) is 7.82. The molecule has 2 N–H and O–H groups in total. The molecule has 0 saturated carbocycles. The van der Waals surface area contributed by atoms with Gasteiger partial charge < -0.3 is 14.8 Å². The maximum absolute atomic E-state index is 11.9. The number of rotatable bonds is 6. The predicted molar refractivity (Wildman–Crippen MR) is 91.6 cm³/mol. The van der Waals surface area contributed by atoms with Crippen LogP contribution in [0.25, 0.3) is 0 Å². The molecular weight excluding hydrogens is 314 g/mol. The molecule has 0 saturated heterocycles. The van der Waals surface area contributed by atoms with Crippen molar-refractivity contribution in [1.82, 2.24) is 10.3 Å². The Bertz CT molecular complexity index is 670. The summed E-state index contributed by atoms with van der Waals surface area (Å²) in [6.07, 6.45) is 1.79. The number of hydrogen-bond donors (Lipinski definition) is 2. The lowest BCUT2D eigenvalue weighted by atomic mass is 10.2. The molecule has 2 amide bonds. The van der Waals surface area contributed by atoms with Crippen molar-refractivity contribution in [3.05, 3.63) is 34.8 Å². The Morgan fingerprint density at radius 3 is 2.61 bits per heavy atom. The number of amides is 2. The summed E-state index contributed by atoms with van der Waals surface area (Å²) in [4.78, 5) is 17.3. The Balaban J connectivity index is 1.91. The van der Waals surface area contributed by atoms with Gasteiger partial charge in [-0.05, 0) is 23.6 Å². The van der Waals surface area contributed by atoms with Crippen molar-refractivity contribution in [3.8, 4) is 11.5 Å². The van der Waals surface area contributed by atoms with Crippen LogP contribution < -0.4 is 20.1 Å². The number of carbonyl (C=O) groups excluding carboxylic acids is 1. The molecule has 1 aromatic carbocycles. The van der Waals surface area contributed by atoms with Crippen LogP contribution in [-0.4, -0.2) is 25.2 Å². The quantitative estimate of drug-likeness (QED) is 0.846. The maximum Gasteiger partial charge on any atom is 0.321 e. The first-order valence-corrected chi connectivity index (χ1v) is 8.06. The van der Waals surface area contributed by atoms with Gasteiger partial charge in [0.15, 0.2) is 16.6 Å². The number of carbonyl (C=O) groups is 1. The smallest absolute Gasteiger partial charge is 0.321 e. The monoisotopic (exact) mass is 335 g/mol. The molecule has 0 aliphatic rings. The van der Waals surface area contributed by atoms with Gasteiger partial charge in [0.2, 0.25) is 0 Å². The topological polar surface area (TPSA) is 72.5 Å². The van der Waals surface area contributed by atoms with Crippen molar-refractivity contribution in [1.29, 1.82) is 0 Å². The number of benzene rings is 1. The van der Waals surface area contributed by atoms with Crippen molar-refractivity contribution in [2.75, 3.05) is 19.5 Å². The van der Waals surface area contributed by atoms with E-state index in [-0.39, 0.29) is 6.03 Å². The highest BCUT2D eigenvalue weighted by Gasteiger charge is 2.09. The van der Waals surface area contributed by atoms with E-state index in [9.17, 15) is 4.79 Å².